The summed E-state index contributed by atoms with van der Waals surface area (Å²) < 4.78 is 15.3. The van der Waals surface area contributed by atoms with E-state index in [0.717, 1.165) is 11.8 Å². The minimum Gasteiger partial charge on any atom is -0.345 e. The van der Waals surface area contributed by atoms with Gasteiger partial charge >= 0.3 is 0 Å². The largest absolute Gasteiger partial charge is 0.345 e. The van der Waals surface area contributed by atoms with Gasteiger partial charge in [-0.05, 0) is 18.2 Å². The first-order valence-electron chi connectivity index (χ1n) is 9.04. The number of amides is 2. The Balaban J connectivity index is 1.56. The third-order valence-electron chi connectivity index (χ3n) is 4.22. The van der Waals surface area contributed by atoms with Gasteiger partial charge < -0.3 is 15.2 Å². The van der Waals surface area contributed by atoms with Crippen LogP contribution in [0.5, 0.6) is 0 Å². The average Bonchev–Trinajstić information content (AvgIpc) is 3.11. The third-order valence-corrected chi connectivity index (χ3v) is 5.57. The van der Waals surface area contributed by atoms with Crippen molar-refractivity contribution in [2.24, 2.45) is 7.05 Å². The summed E-state index contributed by atoms with van der Waals surface area (Å²) in [6.45, 7) is 0.00666. The summed E-state index contributed by atoms with van der Waals surface area (Å²) in [6, 6.07) is 9.34. The first kappa shape index (κ1) is 23.2. The summed E-state index contributed by atoms with van der Waals surface area (Å²) in [5.41, 5.74) is -0.158. The van der Waals surface area contributed by atoms with E-state index >= 15 is 0 Å². The number of non-ortho nitro benzene ring substituents is 1. The van der Waals surface area contributed by atoms with E-state index in [2.05, 4.69) is 20.8 Å². The molecule has 0 aliphatic carbocycles. The molecule has 1 aromatic heterocycles. The van der Waals surface area contributed by atoms with Gasteiger partial charge in [-0.25, -0.2) is 4.39 Å². The van der Waals surface area contributed by atoms with Crippen molar-refractivity contribution >= 4 is 46.6 Å². The van der Waals surface area contributed by atoms with Gasteiger partial charge in [0, 0.05) is 19.2 Å². The fourth-order valence-corrected chi connectivity index (χ4v) is 3.46. The number of hydrogen-bond donors (Lipinski definition) is 2. The van der Waals surface area contributed by atoms with Crippen molar-refractivity contribution in [1.82, 2.24) is 20.1 Å². The second kappa shape index (κ2) is 10.2. The van der Waals surface area contributed by atoms with Crippen LogP contribution in [0.2, 0.25) is 5.02 Å². The van der Waals surface area contributed by atoms with Gasteiger partial charge in [0.15, 0.2) is 11.0 Å². The van der Waals surface area contributed by atoms with E-state index < -0.39 is 22.6 Å². The van der Waals surface area contributed by atoms with Crippen LogP contribution in [-0.2, 0) is 18.4 Å². The number of nitro benzene ring substituents is 1. The monoisotopic (exact) mass is 478 g/mol. The lowest BCUT2D eigenvalue weighted by Gasteiger charge is -2.08. The lowest BCUT2D eigenvalue weighted by Crippen LogP contribution is -2.25. The molecule has 0 atom stereocenters. The first-order chi connectivity index (χ1) is 15.3. The molecule has 0 bridgehead atoms. The van der Waals surface area contributed by atoms with E-state index in [-0.39, 0.29) is 34.3 Å². The van der Waals surface area contributed by atoms with Gasteiger partial charge in [0.05, 0.1) is 33.5 Å². The standard InChI is InChI=1S/C19H16ClFN6O4S/c1-26-16(9-22-18(29)12-4-2-3-5-14(12)21)24-25-19(26)32-10-17(28)23-15-8-11(27(30)31)6-7-13(15)20/h2-8H,9-10H2,1H3,(H,22,29)(H,23,28). The molecule has 2 aromatic carbocycles. The normalized spacial score (nSPS) is 10.6. The van der Waals surface area contributed by atoms with Crippen molar-refractivity contribution in [3.05, 3.63) is 74.8 Å². The lowest BCUT2D eigenvalue weighted by atomic mass is 10.2. The Morgan fingerprint density at radius 1 is 1.25 bits per heavy atom. The molecule has 3 rings (SSSR count). The van der Waals surface area contributed by atoms with Crippen LogP contribution in [0.25, 0.3) is 0 Å². The molecule has 10 nitrogen and oxygen atoms in total. The zero-order valence-corrected chi connectivity index (χ0v) is 18.1. The maximum atomic E-state index is 13.7. The zero-order chi connectivity index (χ0) is 23.3. The van der Waals surface area contributed by atoms with E-state index in [9.17, 15) is 24.1 Å². The highest BCUT2D eigenvalue weighted by Crippen LogP contribution is 2.27. The number of carbonyl (C=O) groups is 2. The Morgan fingerprint density at radius 3 is 2.72 bits per heavy atom. The molecule has 0 saturated carbocycles. The highest BCUT2D eigenvalue weighted by atomic mass is 35.5. The molecule has 0 unspecified atom stereocenters. The number of nitrogens with one attached hydrogen (secondary N) is 2. The smallest absolute Gasteiger partial charge is 0.271 e. The molecule has 2 amide bonds. The van der Waals surface area contributed by atoms with E-state index in [0.29, 0.717) is 11.0 Å². The number of nitrogens with zero attached hydrogens (tertiary/aromatic N) is 4. The predicted molar refractivity (Wildman–Crippen MR) is 116 cm³/mol. The van der Waals surface area contributed by atoms with E-state index in [1.165, 1.54) is 36.4 Å². The second-order valence-electron chi connectivity index (χ2n) is 6.38. The number of hydrogen-bond acceptors (Lipinski definition) is 7. The summed E-state index contributed by atoms with van der Waals surface area (Å²) in [5.74, 6) is -1.33. The fourth-order valence-electron chi connectivity index (χ4n) is 2.56. The van der Waals surface area contributed by atoms with Crippen LogP contribution >= 0.6 is 23.4 Å². The number of benzene rings is 2. The quantitative estimate of drug-likeness (QED) is 0.288. The number of thioether (sulfide) groups is 1. The van der Waals surface area contributed by atoms with Crippen LogP contribution in [0.15, 0.2) is 47.6 Å². The van der Waals surface area contributed by atoms with Crippen molar-refractivity contribution in [1.29, 1.82) is 0 Å². The molecule has 0 aliphatic rings. The Bertz CT molecular complexity index is 1190. The molecular weight excluding hydrogens is 463 g/mol. The molecule has 166 valence electrons. The molecule has 0 saturated heterocycles. The van der Waals surface area contributed by atoms with E-state index in [4.69, 9.17) is 11.6 Å². The zero-order valence-electron chi connectivity index (χ0n) is 16.5. The average molecular weight is 479 g/mol. The summed E-state index contributed by atoms with van der Waals surface area (Å²) >= 11 is 7.05. The minimum atomic E-state index is -0.630. The molecule has 13 heteroatoms. The first-order valence-corrected chi connectivity index (χ1v) is 10.4. The number of rotatable bonds is 8. The molecule has 0 radical (unpaired) electrons. The van der Waals surface area contributed by atoms with Gasteiger partial charge in [0.1, 0.15) is 5.82 Å². The molecule has 3 aromatic rings. The Morgan fingerprint density at radius 2 is 2.00 bits per heavy atom. The summed E-state index contributed by atoms with van der Waals surface area (Å²) in [5, 5.41) is 24.5. The number of aromatic nitrogens is 3. The molecule has 0 spiro atoms. The number of carbonyl (C=O) groups excluding carboxylic acids is 2. The van der Waals surface area contributed by atoms with Crippen molar-refractivity contribution < 1.29 is 18.9 Å². The number of anilines is 1. The highest BCUT2D eigenvalue weighted by molar-refractivity contribution is 7.99. The lowest BCUT2D eigenvalue weighted by molar-refractivity contribution is -0.384. The van der Waals surface area contributed by atoms with Crippen LogP contribution in [0, 0.1) is 15.9 Å². The predicted octanol–water partition coefficient (Wildman–Crippen LogP) is 3.18. The molecule has 0 aliphatic heterocycles. The summed E-state index contributed by atoms with van der Waals surface area (Å²) in [7, 11) is 1.66. The Labute approximate surface area is 190 Å². The highest BCUT2D eigenvalue weighted by Gasteiger charge is 2.16. The van der Waals surface area contributed by atoms with Crippen molar-refractivity contribution in [2.75, 3.05) is 11.1 Å². The van der Waals surface area contributed by atoms with Gasteiger partial charge in [0.2, 0.25) is 5.91 Å². The van der Waals surface area contributed by atoms with Crippen molar-refractivity contribution in [2.45, 2.75) is 11.7 Å². The molecule has 2 N–H and O–H groups in total. The maximum Gasteiger partial charge on any atom is 0.271 e. The Hall–Kier alpha value is -3.51. The van der Waals surface area contributed by atoms with Crippen LogP contribution < -0.4 is 10.6 Å². The number of halogens is 2. The molecule has 32 heavy (non-hydrogen) atoms. The fraction of sp³-hybridized carbons (Fsp3) is 0.158. The van der Waals surface area contributed by atoms with E-state index in [1.54, 1.807) is 17.7 Å². The van der Waals surface area contributed by atoms with Gasteiger partial charge in [-0.3, -0.25) is 19.7 Å². The van der Waals surface area contributed by atoms with Crippen LogP contribution in [0.1, 0.15) is 16.2 Å². The van der Waals surface area contributed by atoms with Crippen LogP contribution in [-0.4, -0.2) is 37.3 Å². The van der Waals surface area contributed by atoms with Crippen LogP contribution in [0.4, 0.5) is 15.8 Å². The van der Waals surface area contributed by atoms with Gasteiger partial charge in [0.25, 0.3) is 11.6 Å². The van der Waals surface area contributed by atoms with E-state index in [1.807, 2.05) is 0 Å². The van der Waals surface area contributed by atoms with Crippen molar-refractivity contribution in [3.63, 3.8) is 0 Å². The maximum absolute atomic E-state index is 13.7. The van der Waals surface area contributed by atoms with Gasteiger partial charge in [-0.15, -0.1) is 10.2 Å². The minimum absolute atomic E-state index is 0.00666. The molecular formula is C19H16ClFN6O4S. The van der Waals surface area contributed by atoms with Gasteiger partial charge in [-0.1, -0.05) is 35.5 Å². The third kappa shape index (κ3) is 5.59. The second-order valence-corrected chi connectivity index (χ2v) is 7.73. The summed E-state index contributed by atoms with van der Waals surface area (Å²) in [4.78, 5) is 34.6. The molecule has 0 fully saturated rings. The van der Waals surface area contributed by atoms with Gasteiger partial charge in [-0.2, -0.15) is 0 Å². The van der Waals surface area contributed by atoms with Crippen LogP contribution in [0.3, 0.4) is 0 Å². The topological polar surface area (TPSA) is 132 Å². The number of nitro groups is 1. The molecule has 1 heterocycles. The summed E-state index contributed by atoms with van der Waals surface area (Å²) in [6.07, 6.45) is 0. The SMILES string of the molecule is Cn1c(CNC(=O)c2ccccc2F)nnc1SCC(=O)Nc1cc([N+](=O)[O-])ccc1Cl. The Kier molecular flexibility index (Phi) is 7.38. The van der Waals surface area contributed by atoms with Crippen molar-refractivity contribution in [3.8, 4) is 0 Å².